The number of hydrogen-bond acceptors (Lipinski definition) is 5. The van der Waals surface area contributed by atoms with Crippen LogP contribution in [0.15, 0.2) is 30.5 Å². The van der Waals surface area contributed by atoms with E-state index in [1.165, 1.54) is 0 Å². The monoisotopic (exact) mass is 366 g/mol. The van der Waals surface area contributed by atoms with Crippen LogP contribution in [0.2, 0.25) is 5.15 Å². The first-order chi connectivity index (χ1) is 10.8. The van der Waals surface area contributed by atoms with E-state index in [0.717, 1.165) is 0 Å². The number of alkyl halides is 3. The van der Waals surface area contributed by atoms with E-state index in [1.807, 2.05) is 0 Å². The molecule has 0 amide bonds. The van der Waals surface area contributed by atoms with Crippen molar-refractivity contribution in [2.24, 2.45) is 0 Å². The molecule has 0 aliphatic carbocycles. The molecule has 1 aromatic heterocycles. The maximum atomic E-state index is 12.5. The van der Waals surface area contributed by atoms with Crippen molar-refractivity contribution >= 4 is 31.5 Å². The highest BCUT2D eigenvalue weighted by Crippen LogP contribution is 2.33. The van der Waals surface area contributed by atoms with E-state index in [9.17, 15) is 17.7 Å². The molecule has 0 aliphatic rings. The van der Waals surface area contributed by atoms with Crippen LogP contribution in [0.5, 0.6) is 0 Å². The molecule has 1 atom stereocenters. The number of hydrogen-bond donors (Lipinski definition) is 2. The Morgan fingerprint density at radius 3 is 2.48 bits per heavy atom. The lowest BCUT2D eigenvalue weighted by molar-refractivity contribution is -0.137. The second-order valence-corrected chi connectivity index (χ2v) is 5.32. The van der Waals surface area contributed by atoms with Crippen LogP contribution < -0.4 is 5.32 Å². The standard InChI is InChI=1S/C12H8ClF3N3O3P/c13-10-9(12(14,15)16)5-17-11(19-10)18-8-3-1-7(2-4-8)6-22-23(20)21/h1-5H,6H2,(H-,17,18,19,20,21)/p+1. The number of rotatable bonds is 5. The van der Waals surface area contributed by atoms with Crippen LogP contribution in [0.4, 0.5) is 24.8 Å². The average molecular weight is 367 g/mol. The van der Waals surface area contributed by atoms with Gasteiger partial charge >= 0.3 is 14.4 Å². The van der Waals surface area contributed by atoms with Crippen LogP contribution in [0.25, 0.3) is 0 Å². The Kier molecular flexibility index (Phi) is 5.48. The van der Waals surface area contributed by atoms with Gasteiger partial charge in [-0.15, -0.1) is 9.42 Å². The molecule has 0 bridgehead atoms. The zero-order chi connectivity index (χ0) is 17.0. The van der Waals surface area contributed by atoms with E-state index < -0.39 is 25.1 Å². The highest BCUT2D eigenvalue weighted by atomic mass is 35.5. The summed E-state index contributed by atoms with van der Waals surface area (Å²) in [5.74, 6) is -0.0922. The molecule has 1 unspecified atom stereocenters. The lowest BCUT2D eigenvalue weighted by Crippen LogP contribution is -2.09. The molecule has 122 valence electrons. The van der Waals surface area contributed by atoms with E-state index in [2.05, 4.69) is 19.8 Å². The molecule has 0 saturated carbocycles. The number of nitrogens with zero attached hydrogens (tertiary/aromatic N) is 2. The van der Waals surface area contributed by atoms with Crippen LogP contribution in [0, 0.1) is 0 Å². The third kappa shape index (κ3) is 5.11. The minimum Gasteiger partial charge on any atom is -0.324 e. The fourth-order valence-electron chi connectivity index (χ4n) is 1.55. The summed E-state index contributed by atoms with van der Waals surface area (Å²) < 4.78 is 52.6. The normalized spacial score (nSPS) is 12.1. The predicted molar refractivity (Wildman–Crippen MR) is 76.4 cm³/mol. The van der Waals surface area contributed by atoms with Gasteiger partial charge in [-0.2, -0.15) is 13.2 Å². The van der Waals surface area contributed by atoms with E-state index in [1.54, 1.807) is 24.3 Å². The Morgan fingerprint density at radius 1 is 1.30 bits per heavy atom. The Labute approximate surface area is 134 Å². The van der Waals surface area contributed by atoms with Gasteiger partial charge in [0.15, 0.2) is 0 Å². The lowest BCUT2D eigenvalue weighted by Gasteiger charge is -2.10. The van der Waals surface area contributed by atoms with Gasteiger partial charge in [0.1, 0.15) is 17.3 Å². The summed E-state index contributed by atoms with van der Waals surface area (Å²) >= 11 is 5.50. The number of anilines is 2. The van der Waals surface area contributed by atoms with Crippen molar-refractivity contribution in [2.45, 2.75) is 12.8 Å². The SMILES string of the molecule is O=[P+](O)OCc1ccc(Nc2ncc(C(F)(F)F)c(Cl)n2)cc1. The topological polar surface area (TPSA) is 84.3 Å². The molecule has 0 aliphatic heterocycles. The van der Waals surface area contributed by atoms with E-state index in [4.69, 9.17) is 16.5 Å². The molecule has 2 rings (SSSR count). The van der Waals surface area contributed by atoms with Gasteiger partial charge < -0.3 is 5.32 Å². The highest BCUT2D eigenvalue weighted by Gasteiger charge is 2.34. The first kappa shape index (κ1) is 17.6. The molecule has 0 radical (unpaired) electrons. The van der Waals surface area contributed by atoms with Gasteiger partial charge in [0.05, 0.1) is 0 Å². The number of nitrogens with one attached hydrogen (secondary N) is 1. The number of benzene rings is 1. The lowest BCUT2D eigenvalue weighted by atomic mass is 10.2. The Bertz CT molecular complexity index is 713. The second kappa shape index (κ2) is 7.18. The van der Waals surface area contributed by atoms with Gasteiger partial charge in [0.2, 0.25) is 5.95 Å². The van der Waals surface area contributed by atoms with Crippen molar-refractivity contribution in [3.05, 3.63) is 46.7 Å². The third-order valence-electron chi connectivity index (χ3n) is 2.60. The molecule has 2 N–H and O–H groups in total. The first-order valence-corrected chi connectivity index (χ1v) is 7.51. The summed E-state index contributed by atoms with van der Waals surface area (Å²) in [5, 5.41) is 1.99. The third-order valence-corrected chi connectivity index (χ3v) is 3.24. The van der Waals surface area contributed by atoms with Gasteiger partial charge in [0.25, 0.3) is 0 Å². The molecular weight excluding hydrogens is 358 g/mol. The van der Waals surface area contributed by atoms with Crippen LogP contribution in [0.3, 0.4) is 0 Å². The molecular formula is C12H9ClF3N3O3P+. The van der Waals surface area contributed by atoms with Crippen molar-refractivity contribution in [1.82, 2.24) is 9.97 Å². The van der Waals surface area contributed by atoms with Crippen molar-refractivity contribution in [1.29, 1.82) is 0 Å². The molecule has 23 heavy (non-hydrogen) atoms. The summed E-state index contributed by atoms with van der Waals surface area (Å²) in [4.78, 5) is 15.6. The molecule has 1 aromatic carbocycles. The molecule has 0 spiro atoms. The second-order valence-electron chi connectivity index (χ2n) is 4.23. The van der Waals surface area contributed by atoms with Gasteiger partial charge in [-0.25, -0.2) is 9.97 Å². The summed E-state index contributed by atoms with van der Waals surface area (Å²) in [5.41, 5.74) is 0.0209. The van der Waals surface area contributed by atoms with Crippen molar-refractivity contribution in [2.75, 3.05) is 5.32 Å². The molecule has 2 aromatic rings. The molecule has 1 heterocycles. The maximum Gasteiger partial charge on any atom is 0.695 e. The Balaban J connectivity index is 2.07. The molecule has 11 heteroatoms. The summed E-state index contributed by atoms with van der Waals surface area (Å²) in [6.45, 7) is -0.0470. The van der Waals surface area contributed by atoms with Crippen molar-refractivity contribution < 1.29 is 27.2 Å². The minimum absolute atomic E-state index is 0.0470. The van der Waals surface area contributed by atoms with Crippen LogP contribution in [-0.4, -0.2) is 14.9 Å². The Hall–Kier alpha value is -1.80. The largest absolute Gasteiger partial charge is 0.695 e. The van der Waals surface area contributed by atoms with Crippen molar-refractivity contribution in [3.63, 3.8) is 0 Å². The fraction of sp³-hybridized carbons (Fsp3) is 0.167. The minimum atomic E-state index is -4.62. The first-order valence-electron chi connectivity index (χ1n) is 6.00. The van der Waals surface area contributed by atoms with Crippen LogP contribution in [-0.2, 0) is 21.9 Å². The summed E-state index contributed by atoms with van der Waals surface area (Å²) in [6, 6.07) is 6.37. The fourth-order valence-corrected chi connectivity index (χ4v) is 2.05. The predicted octanol–water partition coefficient (Wildman–Crippen LogP) is 4.06. The van der Waals surface area contributed by atoms with Gasteiger partial charge in [-0.05, 0) is 17.7 Å². The van der Waals surface area contributed by atoms with E-state index in [-0.39, 0.29) is 12.6 Å². The molecule has 6 nitrogen and oxygen atoms in total. The zero-order valence-corrected chi connectivity index (χ0v) is 12.9. The zero-order valence-electron chi connectivity index (χ0n) is 11.2. The van der Waals surface area contributed by atoms with Gasteiger partial charge in [0, 0.05) is 16.4 Å². The van der Waals surface area contributed by atoms with Gasteiger partial charge in [-0.3, -0.25) is 0 Å². The maximum absolute atomic E-state index is 12.5. The Morgan fingerprint density at radius 2 is 1.96 bits per heavy atom. The number of halogens is 4. The average Bonchev–Trinajstić information content (AvgIpc) is 2.45. The van der Waals surface area contributed by atoms with Crippen LogP contribution >= 0.6 is 19.9 Å². The summed E-state index contributed by atoms with van der Waals surface area (Å²) in [6.07, 6.45) is -4.03. The van der Waals surface area contributed by atoms with Crippen LogP contribution in [0.1, 0.15) is 11.1 Å². The van der Waals surface area contributed by atoms with Crippen molar-refractivity contribution in [3.8, 4) is 0 Å². The quantitative estimate of drug-likeness (QED) is 0.613. The highest BCUT2D eigenvalue weighted by molar-refractivity contribution is 7.32. The summed E-state index contributed by atoms with van der Waals surface area (Å²) in [7, 11) is -2.68. The molecule has 0 saturated heterocycles. The van der Waals surface area contributed by atoms with E-state index >= 15 is 0 Å². The molecule has 0 fully saturated rings. The van der Waals surface area contributed by atoms with E-state index in [0.29, 0.717) is 17.4 Å². The van der Waals surface area contributed by atoms with Gasteiger partial charge in [-0.1, -0.05) is 23.7 Å². The smallest absolute Gasteiger partial charge is 0.324 e. The number of aromatic nitrogens is 2.